The highest BCUT2D eigenvalue weighted by molar-refractivity contribution is 5.91. The smallest absolute Gasteiger partial charge is 0.343 e. The largest absolute Gasteiger partial charge is 0.494 e. The zero-order chi connectivity index (χ0) is 31.9. The number of unbranched alkanes of at least 4 members (excludes halogenated alkanes) is 4. The molecule has 4 rings (SSSR count). The fourth-order valence-corrected chi connectivity index (χ4v) is 4.75. The number of carbonyl (C=O) groups is 3. The third-order valence-corrected chi connectivity index (χ3v) is 7.29. The number of rotatable bonds is 18. The van der Waals surface area contributed by atoms with Crippen molar-refractivity contribution in [2.45, 2.75) is 57.5 Å². The van der Waals surface area contributed by atoms with Crippen LogP contribution >= 0.6 is 0 Å². The van der Waals surface area contributed by atoms with Crippen LogP contribution in [0.4, 0.5) is 0 Å². The highest BCUT2D eigenvalue weighted by atomic mass is 16.6. The summed E-state index contributed by atoms with van der Waals surface area (Å²) in [6.07, 6.45) is 8.17. The highest BCUT2D eigenvalue weighted by Crippen LogP contribution is 2.26. The van der Waals surface area contributed by atoms with Crippen LogP contribution in [0, 0.1) is 0 Å². The van der Waals surface area contributed by atoms with Gasteiger partial charge in [-0.25, -0.2) is 14.4 Å². The second-order valence-corrected chi connectivity index (χ2v) is 10.8. The number of benzene rings is 3. The summed E-state index contributed by atoms with van der Waals surface area (Å²) in [5.74, 6) is 0.811. The Kier molecular flexibility index (Phi) is 12.8. The SMILES string of the molecule is C=CC(=O)OCCCCOc1ccc(-c2ccc(OC(=O)c3ccc(OCCCCCCC4CC(=C)C(=O)O4)cc3)cc2)cc1. The van der Waals surface area contributed by atoms with E-state index in [9.17, 15) is 14.4 Å². The molecule has 3 aromatic rings. The lowest BCUT2D eigenvalue weighted by Crippen LogP contribution is -2.08. The molecule has 1 fully saturated rings. The Labute approximate surface area is 264 Å². The number of hydrogen-bond donors (Lipinski definition) is 0. The summed E-state index contributed by atoms with van der Waals surface area (Å²) < 4.78 is 27.3. The maximum Gasteiger partial charge on any atom is 0.343 e. The summed E-state index contributed by atoms with van der Waals surface area (Å²) in [6, 6.07) is 22.0. The average Bonchev–Trinajstić information content (AvgIpc) is 3.39. The molecule has 0 aliphatic carbocycles. The van der Waals surface area contributed by atoms with Gasteiger partial charge in [-0.3, -0.25) is 0 Å². The minimum Gasteiger partial charge on any atom is -0.494 e. The molecular formula is C37H40O8. The molecule has 3 aromatic carbocycles. The van der Waals surface area contributed by atoms with Crippen LogP contribution < -0.4 is 14.2 Å². The lowest BCUT2D eigenvalue weighted by atomic mass is 10.1. The van der Waals surface area contributed by atoms with Crippen molar-refractivity contribution in [2.24, 2.45) is 0 Å². The first-order chi connectivity index (χ1) is 21.9. The van der Waals surface area contributed by atoms with Crippen LogP contribution in [0.1, 0.15) is 61.7 Å². The fourth-order valence-electron chi connectivity index (χ4n) is 4.75. The van der Waals surface area contributed by atoms with Crippen molar-refractivity contribution in [2.75, 3.05) is 19.8 Å². The van der Waals surface area contributed by atoms with Crippen molar-refractivity contribution in [1.29, 1.82) is 0 Å². The first-order valence-corrected chi connectivity index (χ1v) is 15.4. The Morgan fingerprint density at radius 2 is 1.27 bits per heavy atom. The molecule has 0 spiro atoms. The summed E-state index contributed by atoms with van der Waals surface area (Å²) in [5, 5.41) is 0. The van der Waals surface area contributed by atoms with E-state index >= 15 is 0 Å². The molecule has 236 valence electrons. The maximum atomic E-state index is 12.7. The van der Waals surface area contributed by atoms with Gasteiger partial charge in [0.2, 0.25) is 0 Å². The van der Waals surface area contributed by atoms with Crippen LogP contribution in [0.2, 0.25) is 0 Å². The van der Waals surface area contributed by atoms with Crippen molar-refractivity contribution >= 4 is 17.9 Å². The van der Waals surface area contributed by atoms with Crippen molar-refractivity contribution in [3.8, 4) is 28.4 Å². The summed E-state index contributed by atoms with van der Waals surface area (Å²) in [4.78, 5) is 35.1. The zero-order valence-electron chi connectivity index (χ0n) is 25.5. The predicted octanol–water partition coefficient (Wildman–Crippen LogP) is 7.66. The topological polar surface area (TPSA) is 97.4 Å². The molecule has 1 saturated heterocycles. The lowest BCUT2D eigenvalue weighted by Gasteiger charge is -2.10. The Balaban J connectivity index is 1.11. The van der Waals surface area contributed by atoms with Gasteiger partial charge in [0.25, 0.3) is 0 Å². The Hall–Kier alpha value is -4.85. The summed E-state index contributed by atoms with van der Waals surface area (Å²) in [7, 11) is 0. The van der Waals surface area contributed by atoms with Gasteiger partial charge >= 0.3 is 17.9 Å². The molecule has 0 radical (unpaired) electrons. The minimum absolute atomic E-state index is 0.0116. The fraction of sp³-hybridized carbons (Fsp3) is 0.324. The Morgan fingerprint density at radius 3 is 1.84 bits per heavy atom. The van der Waals surface area contributed by atoms with Crippen LogP contribution in [0.5, 0.6) is 17.2 Å². The lowest BCUT2D eigenvalue weighted by molar-refractivity contribution is -0.139. The predicted molar refractivity (Wildman–Crippen MR) is 171 cm³/mol. The average molecular weight is 613 g/mol. The second-order valence-electron chi connectivity index (χ2n) is 10.8. The normalized spacial score (nSPS) is 14.0. The zero-order valence-corrected chi connectivity index (χ0v) is 25.5. The third kappa shape index (κ3) is 11.0. The molecule has 8 heteroatoms. The first kappa shape index (κ1) is 33.1. The van der Waals surface area contributed by atoms with E-state index in [1.807, 2.05) is 36.4 Å². The molecule has 1 aliphatic heterocycles. The van der Waals surface area contributed by atoms with E-state index in [4.69, 9.17) is 23.7 Å². The van der Waals surface area contributed by atoms with Gasteiger partial charge in [-0.1, -0.05) is 50.3 Å². The van der Waals surface area contributed by atoms with Gasteiger partial charge in [0.05, 0.1) is 25.4 Å². The van der Waals surface area contributed by atoms with Crippen LogP contribution in [0.25, 0.3) is 11.1 Å². The molecule has 1 atom stereocenters. The van der Waals surface area contributed by atoms with Gasteiger partial charge < -0.3 is 23.7 Å². The van der Waals surface area contributed by atoms with Gasteiger partial charge in [0.1, 0.15) is 23.4 Å². The van der Waals surface area contributed by atoms with Gasteiger partial charge in [-0.2, -0.15) is 0 Å². The summed E-state index contributed by atoms with van der Waals surface area (Å²) >= 11 is 0. The van der Waals surface area contributed by atoms with Crippen LogP contribution in [0.15, 0.2) is 97.6 Å². The molecule has 8 nitrogen and oxygen atoms in total. The molecule has 1 unspecified atom stereocenters. The second kappa shape index (κ2) is 17.4. The number of carbonyl (C=O) groups excluding carboxylic acids is 3. The maximum absolute atomic E-state index is 12.7. The van der Waals surface area contributed by atoms with Gasteiger partial charge in [-0.15, -0.1) is 0 Å². The Bertz CT molecular complexity index is 1410. The molecular weight excluding hydrogens is 572 g/mol. The van der Waals surface area contributed by atoms with Crippen molar-refractivity contribution in [1.82, 2.24) is 0 Å². The molecule has 0 aromatic heterocycles. The van der Waals surface area contributed by atoms with E-state index in [1.165, 1.54) is 0 Å². The quantitative estimate of drug-likeness (QED) is 0.0625. The standard InChI is InChI=1S/C37H40O8/c1-3-35(38)43-25-9-8-24-42-31-17-11-28(12-18-31)29-13-21-33(22-14-29)44-37(40)30-15-19-32(20-16-30)41-23-7-5-4-6-10-34-26-27(2)36(39)45-34/h3,11-22,34H,1-2,4-10,23-26H2. The molecule has 45 heavy (non-hydrogen) atoms. The van der Waals surface area contributed by atoms with E-state index in [1.54, 1.807) is 36.4 Å². The molecule has 1 heterocycles. The van der Waals surface area contributed by atoms with E-state index in [0.717, 1.165) is 67.9 Å². The third-order valence-electron chi connectivity index (χ3n) is 7.29. The van der Waals surface area contributed by atoms with Crippen molar-refractivity contribution in [3.05, 3.63) is 103 Å². The number of cyclic esters (lactones) is 1. The summed E-state index contributed by atoms with van der Waals surface area (Å²) in [5.41, 5.74) is 3.01. The van der Waals surface area contributed by atoms with Crippen LogP contribution in [-0.2, 0) is 19.1 Å². The minimum atomic E-state index is -0.439. The molecule has 0 N–H and O–H groups in total. The van der Waals surface area contributed by atoms with Gasteiger partial charge in [0, 0.05) is 18.1 Å². The van der Waals surface area contributed by atoms with Gasteiger partial charge in [0.15, 0.2) is 0 Å². The first-order valence-electron chi connectivity index (χ1n) is 15.4. The van der Waals surface area contributed by atoms with Crippen molar-refractivity contribution in [3.63, 3.8) is 0 Å². The molecule has 0 amide bonds. The monoisotopic (exact) mass is 612 g/mol. The van der Waals surface area contributed by atoms with Crippen molar-refractivity contribution < 1.29 is 38.1 Å². The summed E-state index contributed by atoms with van der Waals surface area (Å²) in [6.45, 7) is 8.56. The molecule has 1 aliphatic rings. The Morgan fingerprint density at radius 1 is 0.733 bits per heavy atom. The molecule has 0 bridgehead atoms. The number of ether oxygens (including phenoxy) is 5. The van der Waals surface area contributed by atoms with E-state index in [0.29, 0.717) is 48.9 Å². The van der Waals surface area contributed by atoms with Crippen LogP contribution in [-0.4, -0.2) is 43.8 Å². The highest BCUT2D eigenvalue weighted by Gasteiger charge is 2.26. The van der Waals surface area contributed by atoms with E-state index in [2.05, 4.69) is 13.2 Å². The van der Waals surface area contributed by atoms with Crippen LogP contribution in [0.3, 0.4) is 0 Å². The number of esters is 3. The van der Waals surface area contributed by atoms with Gasteiger partial charge in [-0.05, 0) is 91.8 Å². The van der Waals surface area contributed by atoms with E-state index < -0.39 is 11.9 Å². The molecule has 0 saturated carbocycles. The number of hydrogen-bond acceptors (Lipinski definition) is 8. The van der Waals surface area contributed by atoms with E-state index in [-0.39, 0.29) is 12.1 Å².